The van der Waals surface area contributed by atoms with Gasteiger partial charge in [-0.3, -0.25) is 0 Å². The van der Waals surface area contributed by atoms with Crippen molar-refractivity contribution in [1.29, 1.82) is 0 Å². The maximum atomic E-state index is 4.35. The van der Waals surface area contributed by atoms with Gasteiger partial charge in [0.2, 0.25) is 0 Å². The summed E-state index contributed by atoms with van der Waals surface area (Å²) >= 11 is 0. The average Bonchev–Trinajstić information content (AvgIpc) is 2.69. The predicted octanol–water partition coefficient (Wildman–Crippen LogP) is 1.96. The van der Waals surface area contributed by atoms with Gasteiger partial charge in [0, 0.05) is 17.8 Å². The Labute approximate surface area is 89.0 Å². The minimum atomic E-state index is -0.00648. The van der Waals surface area contributed by atoms with Crippen LogP contribution in [-0.4, -0.2) is 19.5 Å². The lowest BCUT2D eigenvalue weighted by atomic mass is 9.96. The van der Waals surface area contributed by atoms with Crippen molar-refractivity contribution in [2.24, 2.45) is 0 Å². The highest BCUT2D eigenvalue weighted by molar-refractivity contribution is 5.25. The van der Waals surface area contributed by atoms with Crippen LogP contribution in [0, 0.1) is 0 Å². The van der Waals surface area contributed by atoms with Gasteiger partial charge in [-0.2, -0.15) is 0 Å². The van der Waals surface area contributed by atoms with E-state index in [9.17, 15) is 0 Å². The van der Waals surface area contributed by atoms with Crippen molar-refractivity contribution in [2.75, 3.05) is 0 Å². The van der Waals surface area contributed by atoms with Crippen LogP contribution in [0.15, 0.2) is 31.1 Å². The van der Waals surface area contributed by atoms with Crippen molar-refractivity contribution in [2.45, 2.75) is 26.2 Å². The van der Waals surface area contributed by atoms with Crippen LogP contribution in [0.2, 0.25) is 0 Å². The van der Waals surface area contributed by atoms with Crippen LogP contribution in [0.4, 0.5) is 0 Å². The van der Waals surface area contributed by atoms with Crippen LogP contribution in [0.5, 0.6) is 0 Å². The van der Waals surface area contributed by atoms with E-state index in [1.165, 1.54) is 0 Å². The van der Waals surface area contributed by atoms with Gasteiger partial charge in [0.25, 0.3) is 0 Å². The molecule has 0 bridgehead atoms. The third-order valence-corrected chi connectivity index (χ3v) is 2.11. The molecule has 4 nitrogen and oxygen atoms in total. The molecule has 0 saturated carbocycles. The van der Waals surface area contributed by atoms with Crippen molar-refractivity contribution in [3.8, 4) is 5.69 Å². The Morgan fingerprint density at radius 3 is 2.27 bits per heavy atom. The van der Waals surface area contributed by atoms with Crippen LogP contribution in [-0.2, 0) is 5.41 Å². The number of imidazole rings is 1. The zero-order chi connectivity index (χ0) is 10.9. The highest BCUT2D eigenvalue weighted by Crippen LogP contribution is 2.17. The van der Waals surface area contributed by atoms with E-state index in [0.717, 1.165) is 11.5 Å². The predicted molar refractivity (Wildman–Crippen MR) is 57.9 cm³/mol. The monoisotopic (exact) mass is 202 g/mol. The normalized spacial score (nSPS) is 11.7. The molecule has 0 N–H and O–H groups in total. The molecule has 0 unspecified atom stereocenters. The Hall–Kier alpha value is -1.71. The molecule has 2 aromatic heterocycles. The molecule has 0 radical (unpaired) electrons. The summed E-state index contributed by atoms with van der Waals surface area (Å²) in [5, 5.41) is 0. The molecular formula is C11H14N4. The lowest BCUT2D eigenvalue weighted by molar-refractivity contribution is 0.544. The van der Waals surface area contributed by atoms with Gasteiger partial charge in [-0.05, 0) is 0 Å². The summed E-state index contributed by atoms with van der Waals surface area (Å²) in [6.07, 6.45) is 8.97. The van der Waals surface area contributed by atoms with Crippen molar-refractivity contribution < 1.29 is 0 Å². The summed E-state index contributed by atoms with van der Waals surface area (Å²) in [5.74, 6) is 0.853. The third-order valence-electron chi connectivity index (χ3n) is 2.11. The Kier molecular flexibility index (Phi) is 2.26. The molecule has 0 aliphatic rings. The second-order valence-electron chi connectivity index (χ2n) is 4.48. The Balaban J connectivity index is 2.33. The fourth-order valence-corrected chi connectivity index (χ4v) is 1.25. The highest BCUT2D eigenvalue weighted by atomic mass is 15.1. The van der Waals surface area contributed by atoms with E-state index in [-0.39, 0.29) is 5.41 Å². The first kappa shape index (κ1) is 9.83. The molecule has 0 spiro atoms. The van der Waals surface area contributed by atoms with E-state index >= 15 is 0 Å². The van der Waals surface area contributed by atoms with E-state index in [2.05, 4.69) is 35.7 Å². The van der Waals surface area contributed by atoms with Crippen LogP contribution in [0.25, 0.3) is 5.69 Å². The quantitative estimate of drug-likeness (QED) is 0.710. The molecule has 0 atom stereocenters. The zero-order valence-electron chi connectivity index (χ0n) is 9.18. The van der Waals surface area contributed by atoms with E-state index in [4.69, 9.17) is 0 Å². The largest absolute Gasteiger partial charge is 0.303 e. The average molecular weight is 202 g/mol. The second kappa shape index (κ2) is 3.46. The zero-order valence-corrected chi connectivity index (χ0v) is 9.18. The lowest BCUT2D eigenvalue weighted by Crippen LogP contribution is -2.15. The van der Waals surface area contributed by atoms with Gasteiger partial charge in [-0.15, -0.1) is 0 Å². The molecule has 2 aromatic rings. The minimum absolute atomic E-state index is 0.00648. The number of hydrogen-bond acceptors (Lipinski definition) is 3. The topological polar surface area (TPSA) is 43.6 Å². The first-order chi connectivity index (χ1) is 7.07. The molecule has 0 aliphatic carbocycles. The maximum absolute atomic E-state index is 4.35. The summed E-state index contributed by atoms with van der Waals surface area (Å²) in [4.78, 5) is 12.7. The SMILES string of the molecule is CC(C)(C)c1ncc(-n2ccnc2)cn1. The molecular weight excluding hydrogens is 188 g/mol. The van der Waals surface area contributed by atoms with Gasteiger partial charge < -0.3 is 4.57 Å². The fraction of sp³-hybridized carbons (Fsp3) is 0.364. The van der Waals surface area contributed by atoms with E-state index in [1.54, 1.807) is 12.5 Å². The van der Waals surface area contributed by atoms with E-state index in [1.807, 2.05) is 23.2 Å². The van der Waals surface area contributed by atoms with Gasteiger partial charge in [0.1, 0.15) is 5.82 Å². The molecule has 0 saturated heterocycles. The first-order valence-electron chi connectivity index (χ1n) is 4.88. The molecule has 2 heterocycles. The van der Waals surface area contributed by atoms with Crippen LogP contribution in [0.1, 0.15) is 26.6 Å². The van der Waals surface area contributed by atoms with Crippen molar-refractivity contribution in [3.05, 3.63) is 36.9 Å². The number of rotatable bonds is 1. The van der Waals surface area contributed by atoms with Crippen molar-refractivity contribution in [3.63, 3.8) is 0 Å². The van der Waals surface area contributed by atoms with Gasteiger partial charge in [0.05, 0.1) is 24.4 Å². The number of hydrogen-bond donors (Lipinski definition) is 0. The Bertz CT molecular complexity index is 423. The first-order valence-corrected chi connectivity index (χ1v) is 4.88. The van der Waals surface area contributed by atoms with Crippen LogP contribution >= 0.6 is 0 Å². The van der Waals surface area contributed by atoms with Gasteiger partial charge in [-0.1, -0.05) is 20.8 Å². The van der Waals surface area contributed by atoms with Gasteiger partial charge in [0.15, 0.2) is 0 Å². The molecule has 78 valence electrons. The maximum Gasteiger partial charge on any atom is 0.133 e. The molecule has 4 heteroatoms. The van der Waals surface area contributed by atoms with Gasteiger partial charge >= 0.3 is 0 Å². The van der Waals surface area contributed by atoms with Crippen molar-refractivity contribution in [1.82, 2.24) is 19.5 Å². The summed E-state index contributed by atoms with van der Waals surface area (Å²) in [6.45, 7) is 6.29. The molecule has 2 rings (SSSR count). The van der Waals surface area contributed by atoms with Gasteiger partial charge in [-0.25, -0.2) is 15.0 Å². The van der Waals surface area contributed by atoms with E-state index in [0.29, 0.717) is 0 Å². The minimum Gasteiger partial charge on any atom is -0.303 e. The van der Waals surface area contributed by atoms with Crippen LogP contribution < -0.4 is 0 Å². The standard InChI is InChI=1S/C11H14N4/c1-11(2,3)10-13-6-9(7-14-10)15-5-4-12-8-15/h4-8H,1-3H3. The fourth-order valence-electron chi connectivity index (χ4n) is 1.25. The highest BCUT2D eigenvalue weighted by Gasteiger charge is 2.16. The molecule has 0 amide bonds. The molecule has 0 aromatic carbocycles. The lowest BCUT2D eigenvalue weighted by Gasteiger charge is -2.16. The Morgan fingerprint density at radius 2 is 1.80 bits per heavy atom. The summed E-state index contributed by atoms with van der Waals surface area (Å²) in [6, 6.07) is 0. The Morgan fingerprint density at radius 1 is 1.13 bits per heavy atom. The third kappa shape index (κ3) is 2.03. The second-order valence-corrected chi connectivity index (χ2v) is 4.48. The summed E-state index contributed by atoms with van der Waals surface area (Å²) < 4.78 is 1.88. The van der Waals surface area contributed by atoms with Crippen molar-refractivity contribution >= 4 is 0 Å². The smallest absolute Gasteiger partial charge is 0.133 e. The van der Waals surface area contributed by atoms with E-state index < -0.39 is 0 Å². The number of aromatic nitrogens is 4. The molecule has 0 aliphatic heterocycles. The summed E-state index contributed by atoms with van der Waals surface area (Å²) in [7, 11) is 0. The summed E-state index contributed by atoms with van der Waals surface area (Å²) in [5.41, 5.74) is 0.925. The number of nitrogens with zero attached hydrogens (tertiary/aromatic N) is 4. The molecule has 0 fully saturated rings. The molecule has 15 heavy (non-hydrogen) atoms. The van der Waals surface area contributed by atoms with Crippen LogP contribution in [0.3, 0.4) is 0 Å².